The van der Waals surface area contributed by atoms with E-state index >= 15 is 0 Å². The standard InChI is InChI=1S/C9H16F3N5OS/c1-2-3-13-4-5-17-8(14-15-16-17)19-6-7(18)9(10,11)12/h7,13,18H,2-6H2,1H3. The van der Waals surface area contributed by atoms with Crippen molar-refractivity contribution in [1.29, 1.82) is 0 Å². The Hall–Kier alpha value is -0.870. The second kappa shape index (κ2) is 7.65. The molecule has 0 aliphatic carbocycles. The average molecular weight is 299 g/mol. The predicted molar refractivity (Wildman–Crippen MR) is 63.8 cm³/mol. The molecule has 0 aliphatic heterocycles. The second-order valence-electron chi connectivity index (χ2n) is 3.80. The van der Waals surface area contributed by atoms with Gasteiger partial charge in [0.15, 0.2) is 6.10 Å². The van der Waals surface area contributed by atoms with E-state index in [0.717, 1.165) is 24.7 Å². The molecule has 0 saturated heterocycles. The highest BCUT2D eigenvalue weighted by atomic mass is 32.2. The summed E-state index contributed by atoms with van der Waals surface area (Å²) in [6.07, 6.45) is -6.00. The summed E-state index contributed by atoms with van der Waals surface area (Å²) in [5.41, 5.74) is 0. The molecule has 0 aromatic carbocycles. The van der Waals surface area contributed by atoms with E-state index < -0.39 is 18.0 Å². The fraction of sp³-hybridized carbons (Fsp3) is 0.889. The lowest BCUT2D eigenvalue weighted by Crippen LogP contribution is -2.30. The highest BCUT2D eigenvalue weighted by Crippen LogP contribution is 2.25. The van der Waals surface area contributed by atoms with Gasteiger partial charge >= 0.3 is 6.18 Å². The number of hydrogen-bond donors (Lipinski definition) is 2. The maximum atomic E-state index is 12.1. The van der Waals surface area contributed by atoms with Gasteiger partial charge in [0, 0.05) is 12.3 Å². The fourth-order valence-electron chi connectivity index (χ4n) is 1.17. The molecule has 0 fully saturated rings. The fourth-order valence-corrected chi connectivity index (χ4v) is 2.04. The third kappa shape index (κ3) is 5.74. The minimum Gasteiger partial charge on any atom is -0.383 e. The molecule has 19 heavy (non-hydrogen) atoms. The van der Waals surface area contributed by atoms with E-state index in [1.165, 1.54) is 4.68 Å². The van der Waals surface area contributed by atoms with Crippen LogP contribution in [0.25, 0.3) is 0 Å². The van der Waals surface area contributed by atoms with Crippen molar-refractivity contribution >= 4 is 11.8 Å². The first-order chi connectivity index (χ1) is 8.95. The Labute approximate surface area is 112 Å². The van der Waals surface area contributed by atoms with E-state index in [0.29, 0.717) is 13.1 Å². The first kappa shape index (κ1) is 16.2. The number of aliphatic hydroxyl groups excluding tert-OH is 1. The van der Waals surface area contributed by atoms with Crippen molar-refractivity contribution < 1.29 is 18.3 Å². The largest absolute Gasteiger partial charge is 0.415 e. The van der Waals surface area contributed by atoms with Gasteiger partial charge in [0.2, 0.25) is 5.16 Å². The summed E-state index contributed by atoms with van der Waals surface area (Å²) >= 11 is 0.782. The maximum absolute atomic E-state index is 12.1. The van der Waals surface area contributed by atoms with E-state index in [9.17, 15) is 13.2 Å². The first-order valence-corrected chi connectivity index (χ1v) is 6.78. The molecule has 1 aromatic heterocycles. The molecular formula is C9H16F3N5OS. The Kier molecular flexibility index (Phi) is 6.52. The number of alkyl halides is 3. The van der Waals surface area contributed by atoms with Crippen LogP contribution in [0.2, 0.25) is 0 Å². The summed E-state index contributed by atoms with van der Waals surface area (Å²) in [5, 5.41) is 23.0. The Morgan fingerprint density at radius 1 is 1.42 bits per heavy atom. The number of rotatable bonds is 8. The van der Waals surface area contributed by atoms with Crippen molar-refractivity contribution in [3.8, 4) is 0 Å². The quantitative estimate of drug-likeness (QED) is 0.543. The smallest absolute Gasteiger partial charge is 0.383 e. The SMILES string of the molecule is CCCNCCn1nnnc1SCC(O)C(F)(F)F. The zero-order valence-corrected chi connectivity index (χ0v) is 11.2. The Morgan fingerprint density at radius 2 is 2.16 bits per heavy atom. The lowest BCUT2D eigenvalue weighted by molar-refractivity contribution is -0.195. The summed E-state index contributed by atoms with van der Waals surface area (Å²) in [7, 11) is 0. The predicted octanol–water partition coefficient (Wildman–Crippen LogP) is 0.688. The van der Waals surface area contributed by atoms with Crippen molar-refractivity contribution in [2.24, 2.45) is 0 Å². The summed E-state index contributed by atoms with van der Waals surface area (Å²) in [5.74, 6) is -0.522. The highest BCUT2D eigenvalue weighted by molar-refractivity contribution is 7.99. The normalized spacial score (nSPS) is 13.7. The number of thioether (sulfide) groups is 1. The van der Waals surface area contributed by atoms with E-state index in [1.54, 1.807) is 0 Å². The van der Waals surface area contributed by atoms with Crippen LogP contribution in [0.1, 0.15) is 13.3 Å². The Bertz CT molecular complexity index is 373. The van der Waals surface area contributed by atoms with Gasteiger partial charge in [-0.3, -0.25) is 0 Å². The average Bonchev–Trinajstić information content (AvgIpc) is 2.78. The number of nitrogens with one attached hydrogen (secondary N) is 1. The van der Waals surface area contributed by atoms with Crippen molar-refractivity contribution in [2.45, 2.75) is 37.3 Å². The van der Waals surface area contributed by atoms with Crippen molar-refractivity contribution in [3.63, 3.8) is 0 Å². The molecule has 1 rings (SSSR count). The molecule has 110 valence electrons. The molecule has 1 unspecified atom stereocenters. The van der Waals surface area contributed by atoms with Gasteiger partial charge in [-0.15, -0.1) is 5.10 Å². The van der Waals surface area contributed by atoms with Gasteiger partial charge in [-0.2, -0.15) is 13.2 Å². The van der Waals surface area contributed by atoms with Crippen LogP contribution in [0.4, 0.5) is 13.2 Å². The number of tetrazole rings is 1. The van der Waals surface area contributed by atoms with E-state index in [1.807, 2.05) is 6.92 Å². The number of hydrogen-bond acceptors (Lipinski definition) is 6. The van der Waals surface area contributed by atoms with Crippen molar-refractivity contribution in [2.75, 3.05) is 18.8 Å². The lowest BCUT2D eigenvalue weighted by atomic mass is 10.4. The van der Waals surface area contributed by atoms with Gasteiger partial charge in [-0.25, -0.2) is 4.68 Å². The van der Waals surface area contributed by atoms with Gasteiger partial charge in [0.05, 0.1) is 6.54 Å². The van der Waals surface area contributed by atoms with Gasteiger partial charge in [0.1, 0.15) is 0 Å². The Morgan fingerprint density at radius 3 is 2.79 bits per heavy atom. The molecule has 1 atom stereocenters. The van der Waals surface area contributed by atoms with Gasteiger partial charge < -0.3 is 10.4 Å². The second-order valence-corrected chi connectivity index (χ2v) is 4.79. The van der Waals surface area contributed by atoms with E-state index in [2.05, 4.69) is 20.8 Å². The van der Waals surface area contributed by atoms with E-state index in [4.69, 9.17) is 5.11 Å². The zero-order chi connectivity index (χ0) is 14.3. The molecule has 2 N–H and O–H groups in total. The number of nitrogens with zero attached hydrogens (tertiary/aromatic N) is 4. The molecule has 1 aromatic rings. The minimum atomic E-state index is -4.62. The highest BCUT2D eigenvalue weighted by Gasteiger charge is 2.38. The minimum absolute atomic E-state index is 0.265. The number of aliphatic hydroxyl groups is 1. The molecule has 0 bridgehead atoms. The van der Waals surface area contributed by atoms with Crippen LogP contribution in [-0.4, -0.2) is 56.4 Å². The van der Waals surface area contributed by atoms with Gasteiger partial charge in [-0.05, 0) is 23.4 Å². The van der Waals surface area contributed by atoms with Crippen LogP contribution in [-0.2, 0) is 6.54 Å². The monoisotopic (exact) mass is 299 g/mol. The molecule has 0 radical (unpaired) electrons. The molecule has 0 amide bonds. The summed E-state index contributed by atoms with van der Waals surface area (Å²) in [6, 6.07) is 0. The van der Waals surface area contributed by atoms with Crippen LogP contribution in [0.5, 0.6) is 0 Å². The van der Waals surface area contributed by atoms with Crippen molar-refractivity contribution in [3.05, 3.63) is 0 Å². The molecule has 0 spiro atoms. The first-order valence-electron chi connectivity index (χ1n) is 5.79. The molecule has 0 saturated carbocycles. The molecular weight excluding hydrogens is 283 g/mol. The van der Waals surface area contributed by atoms with E-state index in [-0.39, 0.29) is 5.16 Å². The van der Waals surface area contributed by atoms with Crippen LogP contribution in [0, 0.1) is 0 Å². The lowest BCUT2D eigenvalue weighted by Gasteiger charge is -2.13. The number of aromatic nitrogens is 4. The van der Waals surface area contributed by atoms with Crippen LogP contribution < -0.4 is 5.32 Å². The Balaban J connectivity index is 2.40. The third-order valence-electron chi connectivity index (χ3n) is 2.17. The molecule has 6 nitrogen and oxygen atoms in total. The topological polar surface area (TPSA) is 75.9 Å². The zero-order valence-electron chi connectivity index (χ0n) is 10.4. The van der Waals surface area contributed by atoms with Crippen LogP contribution in [0.3, 0.4) is 0 Å². The van der Waals surface area contributed by atoms with Crippen LogP contribution >= 0.6 is 11.8 Å². The van der Waals surface area contributed by atoms with Gasteiger partial charge in [-0.1, -0.05) is 18.7 Å². The van der Waals surface area contributed by atoms with Gasteiger partial charge in [0.25, 0.3) is 0 Å². The molecule has 0 aliphatic rings. The molecule has 10 heteroatoms. The molecule has 1 heterocycles. The van der Waals surface area contributed by atoms with Crippen LogP contribution in [0.15, 0.2) is 5.16 Å². The third-order valence-corrected chi connectivity index (χ3v) is 3.21. The summed E-state index contributed by atoms with van der Waals surface area (Å²) < 4.78 is 37.8. The maximum Gasteiger partial charge on any atom is 0.415 e. The summed E-state index contributed by atoms with van der Waals surface area (Å²) in [6.45, 7) is 3.99. The summed E-state index contributed by atoms with van der Waals surface area (Å²) in [4.78, 5) is 0. The van der Waals surface area contributed by atoms with Crippen molar-refractivity contribution in [1.82, 2.24) is 25.5 Å². The number of halogens is 3.